The summed E-state index contributed by atoms with van der Waals surface area (Å²) in [6, 6.07) is -0.708. The summed E-state index contributed by atoms with van der Waals surface area (Å²) in [6.45, 7) is 0. The molecule has 0 aliphatic carbocycles. The van der Waals surface area contributed by atoms with Gasteiger partial charge in [0.1, 0.15) is 22.5 Å². The van der Waals surface area contributed by atoms with Gasteiger partial charge in [-0.2, -0.15) is 43.9 Å². The fraction of sp³-hybridized carbons (Fsp3) is 0.143. The molecule has 3 aromatic rings. The molecule has 0 fully saturated rings. The lowest BCUT2D eigenvalue weighted by Crippen LogP contribution is -2.16. The molecule has 0 saturated carbocycles. The van der Waals surface area contributed by atoms with Crippen LogP contribution in [-0.4, -0.2) is 0 Å². The summed E-state index contributed by atoms with van der Waals surface area (Å²) in [4.78, 5) is 0. The number of hydrogen-bond acceptors (Lipinski definition) is 4. The van der Waals surface area contributed by atoms with Gasteiger partial charge in [0, 0.05) is 18.2 Å². The van der Waals surface area contributed by atoms with E-state index in [2.05, 4.69) is 9.47 Å². The lowest BCUT2D eigenvalue weighted by Gasteiger charge is -2.20. The van der Waals surface area contributed by atoms with Crippen LogP contribution in [0.4, 0.5) is 77.2 Å². The predicted molar refractivity (Wildman–Crippen MR) is 103 cm³/mol. The van der Waals surface area contributed by atoms with Crippen molar-refractivity contribution in [2.75, 3.05) is 11.5 Å². The van der Waals surface area contributed by atoms with Crippen LogP contribution in [0.15, 0.2) is 18.2 Å². The number of alkyl halides is 9. The summed E-state index contributed by atoms with van der Waals surface area (Å²) in [6.07, 6.45) is -17.6. The molecule has 0 radical (unpaired) electrons. The summed E-state index contributed by atoms with van der Waals surface area (Å²) in [5.74, 6) is -23.7. The Morgan fingerprint density at radius 2 is 0.800 bits per heavy atom. The third-order valence-electron chi connectivity index (χ3n) is 4.81. The maximum Gasteiger partial charge on any atom is 0.422 e. The van der Waals surface area contributed by atoms with Gasteiger partial charge in [0.25, 0.3) is 0 Å². The summed E-state index contributed by atoms with van der Waals surface area (Å²) in [7, 11) is 0. The molecule has 0 heterocycles. The van der Waals surface area contributed by atoms with E-state index in [1.807, 2.05) is 0 Å². The second-order valence-electron chi connectivity index (χ2n) is 7.51. The van der Waals surface area contributed by atoms with Crippen LogP contribution >= 0.6 is 0 Å². The van der Waals surface area contributed by atoms with Gasteiger partial charge in [-0.25, -0.2) is 22.0 Å². The molecule has 0 aliphatic heterocycles. The molecule has 0 bridgehead atoms. The van der Waals surface area contributed by atoms with Gasteiger partial charge in [-0.1, -0.05) is 0 Å². The molecule has 0 aromatic heterocycles. The van der Waals surface area contributed by atoms with Crippen LogP contribution in [0.3, 0.4) is 0 Å². The van der Waals surface area contributed by atoms with Crippen molar-refractivity contribution >= 4 is 11.4 Å². The Bertz CT molecular complexity index is 1490. The molecule has 4 nitrogen and oxygen atoms in total. The second kappa shape index (κ2) is 9.77. The van der Waals surface area contributed by atoms with Crippen molar-refractivity contribution in [2.24, 2.45) is 0 Å². The minimum Gasteiger partial charge on any atom is -0.451 e. The monoisotopic (exact) mass is 604 g/mol. The first-order chi connectivity index (χ1) is 18.1. The standard InChI is InChI=1S/C21H7F15N2O2/c22-4-1-7(39-8-2-5(37)13(23)11(15(8)25)20(31,32)33)17(27)18(10(4)19(28,29)30)40-9-3-6(38)14(24)12(16(9)26)21(34,35)36/h1-3H,37-38H2. The summed E-state index contributed by atoms with van der Waals surface area (Å²) in [5.41, 5.74) is -1.39. The van der Waals surface area contributed by atoms with E-state index >= 15 is 4.39 Å². The van der Waals surface area contributed by atoms with Gasteiger partial charge in [-0.3, -0.25) is 0 Å². The Kier molecular flexibility index (Phi) is 7.42. The third-order valence-corrected chi connectivity index (χ3v) is 4.81. The first kappa shape index (κ1) is 30.4. The average Bonchev–Trinajstić information content (AvgIpc) is 2.76. The van der Waals surface area contributed by atoms with Gasteiger partial charge in [-0.05, 0) is 0 Å². The van der Waals surface area contributed by atoms with Crippen molar-refractivity contribution < 1.29 is 75.3 Å². The average molecular weight is 604 g/mol. The van der Waals surface area contributed by atoms with Crippen molar-refractivity contribution in [3.8, 4) is 23.0 Å². The first-order valence-electron chi connectivity index (χ1n) is 9.71. The molecule has 40 heavy (non-hydrogen) atoms. The summed E-state index contributed by atoms with van der Waals surface area (Å²) >= 11 is 0. The summed E-state index contributed by atoms with van der Waals surface area (Å²) in [5, 5.41) is 0. The lowest BCUT2D eigenvalue weighted by atomic mass is 10.1. The van der Waals surface area contributed by atoms with Gasteiger partial charge >= 0.3 is 18.5 Å². The number of rotatable bonds is 4. The molecule has 0 spiro atoms. The number of benzene rings is 3. The van der Waals surface area contributed by atoms with E-state index in [-0.39, 0.29) is 12.1 Å². The smallest absolute Gasteiger partial charge is 0.422 e. The highest BCUT2D eigenvalue weighted by molar-refractivity contribution is 5.56. The third kappa shape index (κ3) is 5.44. The van der Waals surface area contributed by atoms with Crippen molar-refractivity contribution in [3.05, 3.63) is 69.8 Å². The number of nitrogens with two attached hydrogens (primary N) is 2. The molecule has 218 valence electrons. The zero-order chi connectivity index (χ0) is 30.7. The largest absolute Gasteiger partial charge is 0.451 e. The highest BCUT2D eigenvalue weighted by Crippen LogP contribution is 2.48. The van der Waals surface area contributed by atoms with E-state index < -0.39 is 111 Å². The number of halogens is 15. The van der Waals surface area contributed by atoms with E-state index in [4.69, 9.17) is 11.5 Å². The summed E-state index contributed by atoms with van der Waals surface area (Å²) < 4.78 is 213. The molecular formula is C21H7F15N2O2. The lowest BCUT2D eigenvalue weighted by molar-refractivity contribution is -0.143. The quantitative estimate of drug-likeness (QED) is 0.232. The van der Waals surface area contributed by atoms with Gasteiger partial charge in [0.05, 0.1) is 11.4 Å². The fourth-order valence-corrected chi connectivity index (χ4v) is 3.15. The number of ether oxygens (including phenoxy) is 2. The molecule has 0 aliphatic rings. The number of hydrogen-bond donors (Lipinski definition) is 2. The van der Waals surface area contributed by atoms with Crippen LogP contribution < -0.4 is 20.9 Å². The van der Waals surface area contributed by atoms with Crippen molar-refractivity contribution in [1.29, 1.82) is 0 Å². The number of nitrogen functional groups attached to an aromatic ring is 2. The molecule has 4 N–H and O–H groups in total. The van der Waals surface area contributed by atoms with Crippen molar-refractivity contribution in [2.45, 2.75) is 18.5 Å². The van der Waals surface area contributed by atoms with Gasteiger partial charge < -0.3 is 20.9 Å². The van der Waals surface area contributed by atoms with Crippen LogP contribution in [-0.2, 0) is 18.5 Å². The van der Waals surface area contributed by atoms with E-state index in [9.17, 15) is 61.5 Å². The van der Waals surface area contributed by atoms with E-state index in [1.54, 1.807) is 0 Å². The topological polar surface area (TPSA) is 70.5 Å². The van der Waals surface area contributed by atoms with Gasteiger partial charge in [0.15, 0.2) is 46.3 Å². The van der Waals surface area contributed by atoms with Crippen LogP contribution in [0.1, 0.15) is 16.7 Å². The SMILES string of the molecule is Nc1cc(Oc2cc(F)c(C(F)(F)F)c(Oc3cc(N)c(F)c(C(F)(F)F)c3F)c2F)c(F)c(C(F)(F)F)c1F. The zero-order valence-electron chi connectivity index (χ0n) is 18.4. The maximum atomic E-state index is 15.1. The molecule has 3 rings (SSSR count). The minimum atomic E-state index is -5.96. The van der Waals surface area contributed by atoms with Crippen molar-refractivity contribution in [3.63, 3.8) is 0 Å². The van der Waals surface area contributed by atoms with Crippen LogP contribution in [0.5, 0.6) is 23.0 Å². The highest BCUT2D eigenvalue weighted by atomic mass is 19.4. The zero-order valence-corrected chi connectivity index (χ0v) is 18.4. The maximum absolute atomic E-state index is 15.1. The normalized spacial score (nSPS) is 12.6. The van der Waals surface area contributed by atoms with Crippen LogP contribution in [0.2, 0.25) is 0 Å². The molecule has 0 amide bonds. The van der Waals surface area contributed by atoms with E-state index in [0.29, 0.717) is 0 Å². The molecular weight excluding hydrogens is 597 g/mol. The Morgan fingerprint density at radius 1 is 0.450 bits per heavy atom. The molecule has 19 heteroatoms. The van der Waals surface area contributed by atoms with E-state index in [1.165, 1.54) is 0 Å². The number of anilines is 2. The molecule has 0 atom stereocenters. The van der Waals surface area contributed by atoms with Crippen molar-refractivity contribution in [1.82, 2.24) is 0 Å². The predicted octanol–water partition coefficient (Wildman–Crippen LogP) is 8.33. The Labute approximate surface area is 210 Å². The minimum absolute atomic E-state index is 0.0363. The van der Waals surface area contributed by atoms with Gasteiger partial charge in [-0.15, -0.1) is 0 Å². The van der Waals surface area contributed by atoms with Crippen LogP contribution in [0.25, 0.3) is 0 Å². The molecule has 3 aromatic carbocycles. The van der Waals surface area contributed by atoms with E-state index in [0.717, 1.165) is 0 Å². The Balaban J connectivity index is 2.29. The first-order valence-corrected chi connectivity index (χ1v) is 9.71. The fourth-order valence-electron chi connectivity index (χ4n) is 3.15. The second-order valence-corrected chi connectivity index (χ2v) is 7.51. The Morgan fingerprint density at radius 3 is 1.18 bits per heavy atom. The highest BCUT2D eigenvalue weighted by Gasteiger charge is 2.44. The van der Waals surface area contributed by atoms with Crippen LogP contribution in [0, 0.1) is 34.9 Å². The Hall–Kier alpha value is -4.19. The van der Waals surface area contributed by atoms with Gasteiger partial charge in [0.2, 0.25) is 5.82 Å². The molecule has 0 unspecified atom stereocenters. The molecule has 0 saturated heterocycles.